The lowest BCUT2D eigenvalue weighted by Gasteiger charge is -2.05. The first-order valence-electron chi connectivity index (χ1n) is 5.10. The van der Waals surface area contributed by atoms with Crippen LogP contribution in [0.4, 0.5) is 0 Å². The second-order valence-corrected chi connectivity index (χ2v) is 3.55. The summed E-state index contributed by atoms with van der Waals surface area (Å²) in [5, 5.41) is 1.21. The number of imidazole rings is 1. The normalized spacial score (nSPS) is 11.3. The number of hydrogen-bond donors (Lipinski definition) is 0. The molecule has 0 saturated heterocycles. The van der Waals surface area contributed by atoms with E-state index in [1.54, 1.807) is 6.20 Å². The van der Waals surface area contributed by atoms with Gasteiger partial charge in [0, 0.05) is 5.39 Å². The predicted octanol–water partition coefficient (Wildman–Crippen LogP) is 2.44. The Bertz CT molecular complexity index is 625. The molecule has 74 valence electrons. The lowest BCUT2D eigenvalue weighted by molar-refractivity contribution is 1.04. The average molecular weight is 197 g/mol. The van der Waals surface area contributed by atoms with Crippen LogP contribution < -0.4 is 0 Å². The molecule has 3 aromatic rings. The molecule has 15 heavy (non-hydrogen) atoms. The highest BCUT2D eigenvalue weighted by Gasteiger charge is 2.05. The SMILES string of the molecule is CCc1nc2cncn2c2ccccc12. The van der Waals surface area contributed by atoms with E-state index in [4.69, 9.17) is 0 Å². The summed E-state index contributed by atoms with van der Waals surface area (Å²) in [5.41, 5.74) is 3.24. The van der Waals surface area contributed by atoms with Gasteiger partial charge in [-0.2, -0.15) is 0 Å². The van der Waals surface area contributed by atoms with Gasteiger partial charge in [0.05, 0.1) is 17.4 Å². The van der Waals surface area contributed by atoms with E-state index in [1.165, 1.54) is 10.9 Å². The van der Waals surface area contributed by atoms with Crippen molar-refractivity contribution >= 4 is 16.6 Å². The number of hydrogen-bond acceptors (Lipinski definition) is 2. The minimum atomic E-state index is 0.922. The third kappa shape index (κ3) is 1.13. The van der Waals surface area contributed by atoms with E-state index in [0.717, 1.165) is 17.8 Å². The van der Waals surface area contributed by atoms with Crippen molar-refractivity contribution in [2.75, 3.05) is 0 Å². The highest BCUT2D eigenvalue weighted by molar-refractivity contribution is 5.83. The summed E-state index contributed by atoms with van der Waals surface area (Å²) in [5.74, 6) is 0. The number of aromatic nitrogens is 3. The molecule has 3 nitrogen and oxygen atoms in total. The first-order chi connectivity index (χ1) is 7.40. The van der Waals surface area contributed by atoms with Crippen molar-refractivity contribution in [2.24, 2.45) is 0 Å². The van der Waals surface area contributed by atoms with Crippen LogP contribution in [0.1, 0.15) is 12.6 Å². The lowest BCUT2D eigenvalue weighted by Crippen LogP contribution is -1.95. The van der Waals surface area contributed by atoms with Gasteiger partial charge in [0.25, 0.3) is 0 Å². The molecule has 3 heteroatoms. The minimum Gasteiger partial charge on any atom is -0.283 e. The fourth-order valence-electron chi connectivity index (χ4n) is 1.95. The van der Waals surface area contributed by atoms with E-state index >= 15 is 0 Å². The van der Waals surface area contributed by atoms with E-state index in [-0.39, 0.29) is 0 Å². The van der Waals surface area contributed by atoms with Crippen LogP contribution in [0.5, 0.6) is 0 Å². The molecule has 3 rings (SSSR count). The third-order valence-electron chi connectivity index (χ3n) is 2.68. The van der Waals surface area contributed by atoms with Gasteiger partial charge < -0.3 is 0 Å². The molecule has 0 aliphatic carbocycles. The molecule has 0 unspecified atom stereocenters. The van der Waals surface area contributed by atoms with Gasteiger partial charge in [-0.25, -0.2) is 9.97 Å². The smallest absolute Gasteiger partial charge is 0.157 e. The standard InChI is InChI=1S/C12H11N3/c1-2-10-9-5-3-4-6-11(9)15-8-13-7-12(15)14-10/h3-8H,2H2,1H3. The maximum atomic E-state index is 4.58. The van der Waals surface area contributed by atoms with Gasteiger partial charge >= 0.3 is 0 Å². The van der Waals surface area contributed by atoms with Crippen LogP contribution in [0.15, 0.2) is 36.8 Å². The molecule has 0 aliphatic heterocycles. The fourth-order valence-corrected chi connectivity index (χ4v) is 1.95. The van der Waals surface area contributed by atoms with Crippen LogP contribution in [0.2, 0.25) is 0 Å². The molecule has 0 amide bonds. The van der Waals surface area contributed by atoms with Gasteiger partial charge in [0.2, 0.25) is 0 Å². The Balaban J connectivity index is 2.58. The highest BCUT2D eigenvalue weighted by Crippen LogP contribution is 2.19. The van der Waals surface area contributed by atoms with E-state index in [9.17, 15) is 0 Å². The van der Waals surface area contributed by atoms with Crippen LogP contribution in [-0.2, 0) is 6.42 Å². The Morgan fingerprint density at radius 1 is 1.27 bits per heavy atom. The molecule has 0 bridgehead atoms. The van der Waals surface area contributed by atoms with Gasteiger partial charge in [0.15, 0.2) is 5.65 Å². The van der Waals surface area contributed by atoms with Gasteiger partial charge in [-0.3, -0.25) is 4.40 Å². The van der Waals surface area contributed by atoms with Crippen molar-refractivity contribution in [3.05, 3.63) is 42.5 Å². The Labute approximate surface area is 87.4 Å². The van der Waals surface area contributed by atoms with Crippen LogP contribution in [-0.4, -0.2) is 14.4 Å². The quantitative estimate of drug-likeness (QED) is 0.599. The van der Waals surface area contributed by atoms with Crippen molar-refractivity contribution in [1.29, 1.82) is 0 Å². The second-order valence-electron chi connectivity index (χ2n) is 3.55. The first kappa shape index (κ1) is 8.41. The number of para-hydroxylation sites is 1. The Morgan fingerprint density at radius 3 is 3.00 bits per heavy atom. The summed E-state index contributed by atoms with van der Waals surface area (Å²) in [6.07, 6.45) is 4.55. The maximum absolute atomic E-state index is 4.58. The number of benzene rings is 1. The topological polar surface area (TPSA) is 30.2 Å². The molecule has 0 radical (unpaired) electrons. The van der Waals surface area contributed by atoms with Crippen LogP contribution in [0.3, 0.4) is 0 Å². The zero-order chi connectivity index (χ0) is 10.3. The van der Waals surface area contributed by atoms with E-state index < -0.39 is 0 Å². The van der Waals surface area contributed by atoms with Crippen molar-refractivity contribution in [3.63, 3.8) is 0 Å². The summed E-state index contributed by atoms with van der Waals surface area (Å²) in [4.78, 5) is 8.71. The maximum Gasteiger partial charge on any atom is 0.157 e. The number of nitrogens with zero attached hydrogens (tertiary/aromatic N) is 3. The molecule has 0 saturated carbocycles. The first-order valence-corrected chi connectivity index (χ1v) is 5.10. The molecule has 0 atom stereocenters. The fraction of sp³-hybridized carbons (Fsp3) is 0.167. The van der Waals surface area contributed by atoms with Gasteiger partial charge in [-0.15, -0.1) is 0 Å². The molecule has 0 aliphatic rings. The molecular weight excluding hydrogens is 186 g/mol. The van der Waals surface area contributed by atoms with Crippen LogP contribution >= 0.6 is 0 Å². The third-order valence-corrected chi connectivity index (χ3v) is 2.68. The molecule has 1 aromatic carbocycles. The van der Waals surface area contributed by atoms with Crippen LogP contribution in [0.25, 0.3) is 16.6 Å². The monoisotopic (exact) mass is 197 g/mol. The van der Waals surface area contributed by atoms with Gasteiger partial charge in [-0.05, 0) is 12.5 Å². The van der Waals surface area contributed by atoms with Crippen LogP contribution in [0, 0.1) is 0 Å². The minimum absolute atomic E-state index is 0.922. The lowest BCUT2D eigenvalue weighted by atomic mass is 10.1. The Morgan fingerprint density at radius 2 is 2.13 bits per heavy atom. The number of aryl methyl sites for hydroxylation is 1. The zero-order valence-corrected chi connectivity index (χ0v) is 8.51. The molecule has 0 spiro atoms. The largest absolute Gasteiger partial charge is 0.283 e. The Hall–Kier alpha value is -1.90. The summed E-state index contributed by atoms with van der Waals surface area (Å²) in [6.45, 7) is 2.13. The van der Waals surface area contributed by atoms with Crippen molar-refractivity contribution in [2.45, 2.75) is 13.3 Å². The van der Waals surface area contributed by atoms with E-state index in [0.29, 0.717) is 0 Å². The number of rotatable bonds is 1. The zero-order valence-electron chi connectivity index (χ0n) is 8.51. The molecule has 2 aromatic heterocycles. The summed E-state index contributed by atoms with van der Waals surface area (Å²) in [7, 11) is 0. The van der Waals surface area contributed by atoms with Crippen molar-refractivity contribution in [3.8, 4) is 0 Å². The molecule has 0 N–H and O–H groups in total. The van der Waals surface area contributed by atoms with Gasteiger partial charge in [0.1, 0.15) is 6.33 Å². The molecular formula is C12H11N3. The van der Waals surface area contributed by atoms with Crippen molar-refractivity contribution < 1.29 is 0 Å². The average Bonchev–Trinajstić information content (AvgIpc) is 2.76. The van der Waals surface area contributed by atoms with E-state index in [2.05, 4.69) is 29.0 Å². The second kappa shape index (κ2) is 3.05. The highest BCUT2D eigenvalue weighted by atomic mass is 15.0. The summed E-state index contributed by atoms with van der Waals surface area (Å²) in [6, 6.07) is 8.30. The van der Waals surface area contributed by atoms with Crippen molar-refractivity contribution in [1.82, 2.24) is 14.4 Å². The van der Waals surface area contributed by atoms with Gasteiger partial charge in [-0.1, -0.05) is 25.1 Å². The predicted molar refractivity (Wildman–Crippen MR) is 59.9 cm³/mol. The summed E-state index contributed by atoms with van der Waals surface area (Å²) >= 11 is 0. The molecule has 2 heterocycles. The number of fused-ring (bicyclic) bond motifs is 3. The van der Waals surface area contributed by atoms with E-state index in [1.807, 2.05) is 22.9 Å². The molecule has 0 fully saturated rings. The Kier molecular flexibility index (Phi) is 1.71. The summed E-state index contributed by atoms with van der Waals surface area (Å²) < 4.78 is 2.02.